The third-order valence-electron chi connectivity index (χ3n) is 4.39. The third-order valence-corrected chi connectivity index (χ3v) is 6.46. The third kappa shape index (κ3) is 4.01. The Balaban J connectivity index is 2.27. The maximum atomic E-state index is 12.7. The number of nitrogens with zero attached hydrogens (tertiary/aromatic N) is 2. The number of rotatable bonds is 8. The fraction of sp³-hybridized carbons (Fsp3) is 0.529. The summed E-state index contributed by atoms with van der Waals surface area (Å²) in [5.74, 6) is -1.44. The van der Waals surface area contributed by atoms with Crippen molar-refractivity contribution < 1.29 is 23.1 Å². The molecule has 1 N–H and O–H groups in total. The molecule has 1 aliphatic rings. The molecule has 1 aromatic carbocycles. The maximum Gasteiger partial charge on any atom is 0.326 e. The van der Waals surface area contributed by atoms with Gasteiger partial charge in [-0.3, -0.25) is 4.79 Å². The van der Waals surface area contributed by atoms with E-state index < -0.39 is 22.0 Å². The number of amides is 1. The molecule has 1 aromatic rings. The van der Waals surface area contributed by atoms with E-state index in [9.17, 15) is 23.1 Å². The van der Waals surface area contributed by atoms with Gasteiger partial charge in [0.15, 0.2) is 0 Å². The van der Waals surface area contributed by atoms with Crippen LogP contribution in [-0.2, 0) is 14.8 Å². The molecule has 0 aliphatic heterocycles. The van der Waals surface area contributed by atoms with Crippen LogP contribution in [0.15, 0.2) is 29.2 Å². The van der Waals surface area contributed by atoms with Crippen LogP contribution in [0.3, 0.4) is 0 Å². The van der Waals surface area contributed by atoms with Gasteiger partial charge in [0.25, 0.3) is 5.91 Å². The van der Waals surface area contributed by atoms with Gasteiger partial charge in [0.05, 0.1) is 4.90 Å². The van der Waals surface area contributed by atoms with Crippen LogP contribution in [0.4, 0.5) is 0 Å². The van der Waals surface area contributed by atoms with E-state index in [2.05, 4.69) is 0 Å². The number of sulfonamides is 1. The van der Waals surface area contributed by atoms with Gasteiger partial charge >= 0.3 is 5.97 Å². The van der Waals surface area contributed by atoms with E-state index in [-0.39, 0.29) is 16.8 Å². The lowest BCUT2D eigenvalue weighted by atomic mass is 10.1. The van der Waals surface area contributed by atoms with Crippen LogP contribution in [0.25, 0.3) is 0 Å². The summed E-state index contributed by atoms with van der Waals surface area (Å²) in [6.07, 6.45) is 1.58. The van der Waals surface area contributed by atoms with E-state index in [0.29, 0.717) is 18.7 Å². The number of carbonyl (C=O) groups excluding carboxylic acids is 1. The molecule has 0 aromatic heterocycles. The predicted octanol–water partition coefficient (Wildman–Crippen LogP) is 1.79. The molecule has 1 atom stereocenters. The minimum Gasteiger partial charge on any atom is -0.480 e. The Morgan fingerprint density at radius 1 is 1.16 bits per heavy atom. The normalized spacial score (nSPS) is 15.8. The van der Waals surface area contributed by atoms with Gasteiger partial charge in [0.1, 0.15) is 6.04 Å². The van der Waals surface area contributed by atoms with E-state index in [1.54, 1.807) is 13.8 Å². The summed E-state index contributed by atoms with van der Waals surface area (Å²) in [6, 6.07) is 4.72. The lowest BCUT2D eigenvalue weighted by molar-refractivity contribution is -0.141. The smallest absolute Gasteiger partial charge is 0.326 e. The maximum absolute atomic E-state index is 12.7. The number of aliphatic carboxylic acids is 1. The molecule has 8 heteroatoms. The van der Waals surface area contributed by atoms with Crippen LogP contribution < -0.4 is 0 Å². The molecular formula is C17H24N2O5S. The molecule has 1 fully saturated rings. The summed E-state index contributed by atoms with van der Waals surface area (Å²) in [5.41, 5.74) is 0.290. The number of hydrogen-bond donors (Lipinski definition) is 1. The number of hydrogen-bond acceptors (Lipinski definition) is 4. The highest BCUT2D eigenvalue weighted by Gasteiger charge is 2.38. The lowest BCUT2D eigenvalue weighted by Crippen LogP contribution is -2.44. The Morgan fingerprint density at radius 3 is 2.08 bits per heavy atom. The zero-order valence-corrected chi connectivity index (χ0v) is 15.5. The highest BCUT2D eigenvalue weighted by Crippen LogP contribution is 2.30. The first-order chi connectivity index (χ1) is 11.7. The van der Waals surface area contributed by atoms with Crippen LogP contribution in [0, 0.1) is 0 Å². The summed E-state index contributed by atoms with van der Waals surface area (Å²) in [4.78, 5) is 25.4. The van der Waals surface area contributed by atoms with Crippen molar-refractivity contribution in [1.82, 2.24) is 9.21 Å². The summed E-state index contributed by atoms with van der Waals surface area (Å²) in [5, 5.41) is 9.21. The van der Waals surface area contributed by atoms with Gasteiger partial charge in [-0.05, 0) is 44.0 Å². The SMILES string of the molecule is CCN(CC)S(=O)(=O)c1ccc(C(=O)N(C2CC2)C(C)C(=O)O)cc1. The average Bonchev–Trinajstić information content (AvgIpc) is 3.40. The molecule has 7 nitrogen and oxygen atoms in total. The molecule has 0 radical (unpaired) electrons. The Labute approximate surface area is 148 Å². The molecule has 2 rings (SSSR count). The predicted molar refractivity (Wildman–Crippen MR) is 92.8 cm³/mol. The Bertz CT molecular complexity index is 737. The first kappa shape index (κ1) is 19.4. The van der Waals surface area contributed by atoms with E-state index in [0.717, 1.165) is 12.8 Å². The Hall–Kier alpha value is -1.93. The van der Waals surface area contributed by atoms with E-state index in [4.69, 9.17) is 0 Å². The van der Waals surface area contributed by atoms with Crippen LogP contribution in [0.2, 0.25) is 0 Å². The first-order valence-corrected chi connectivity index (χ1v) is 9.83. The van der Waals surface area contributed by atoms with Crippen LogP contribution in [-0.4, -0.2) is 59.8 Å². The average molecular weight is 368 g/mol. The number of carboxylic acids is 1. The Morgan fingerprint density at radius 2 is 1.68 bits per heavy atom. The summed E-state index contributed by atoms with van der Waals surface area (Å²) in [6.45, 7) is 5.74. The summed E-state index contributed by atoms with van der Waals surface area (Å²) >= 11 is 0. The molecular weight excluding hydrogens is 344 g/mol. The van der Waals surface area contributed by atoms with Gasteiger partial charge in [0, 0.05) is 24.7 Å². The highest BCUT2D eigenvalue weighted by atomic mass is 32.2. The topological polar surface area (TPSA) is 95.0 Å². The van der Waals surface area contributed by atoms with Crippen molar-refractivity contribution in [3.05, 3.63) is 29.8 Å². The monoisotopic (exact) mass is 368 g/mol. The molecule has 1 unspecified atom stereocenters. The Kier molecular flexibility index (Phi) is 5.84. The van der Waals surface area contributed by atoms with Crippen LogP contribution in [0.1, 0.15) is 44.0 Å². The molecule has 0 spiro atoms. The molecule has 25 heavy (non-hydrogen) atoms. The van der Waals surface area contributed by atoms with Crippen molar-refractivity contribution in [2.24, 2.45) is 0 Å². The summed E-state index contributed by atoms with van der Waals surface area (Å²) in [7, 11) is -3.58. The minimum atomic E-state index is -3.58. The van der Waals surface area contributed by atoms with E-state index in [1.807, 2.05) is 0 Å². The summed E-state index contributed by atoms with van der Waals surface area (Å²) < 4.78 is 26.3. The van der Waals surface area contributed by atoms with Gasteiger partial charge in [0.2, 0.25) is 10.0 Å². The van der Waals surface area contributed by atoms with Crippen molar-refractivity contribution in [2.45, 2.75) is 50.6 Å². The number of benzene rings is 1. The van der Waals surface area contributed by atoms with Crippen molar-refractivity contribution in [3.8, 4) is 0 Å². The van der Waals surface area contributed by atoms with Gasteiger partial charge in [-0.25, -0.2) is 13.2 Å². The zero-order chi connectivity index (χ0) is 18.8. The van der Waals surface area contributed by atoms with Crippen molar-refractivity contribution in [2.75, 3.05) is 13.1 Å². The minimum absolute atomic E-state index is 0.0577. The molecule has 0 bridgehead atoms. The number of carboxylic acid groups (broad SMARTS) is 1. The van der Waals surface area contributed by atoms with Crippen LogP contribution >= 0.6 is 0 Å². The van der Waals surface area contributed by atoms with Crippen molar-refractivity contribution in [1.29, 1.82) is 0 Å². The van der Waals surface area contributed by atoms with Crippen molar-refractivity contribution >= 4 is 21.9 Å². The molecule has 1 saturated carbocycles. The standard InChI is InChI=1S/C17H24N2O5S/c1-4-18(5-2)25(23,24)15-10-6-13(7-11-15)16(20)19(14-8-9-14)12(3)17(21)22/h6-7,10-12,14H,4-5,8-9H2,1-3H3,(H,21,22). The quantitative estimate of drug-likeness (QED) is 0.755. The first-order valence-electron chi connectivity index (χ1n) is 8.39. The number of carbonyl (C=O) groups is 2. The molecule has 1 aliphatic carbocycles. The van der Waals surface area contributed by atoms with Gasteiger partial charge in [-0.1, -0.05) is 13.8 Å². The molecule has 0 saturated heterocycles. The second kappa shape index (κ2) is 7.53. The largest absolute Gasteiger partial charge is 0.480 e. The molecule has 0 heterocycles. The van der Waals surface area contributed by atoms with Crippen LogP contribution in [0.5, 0.6) is 0 Å². The van der Waals surface area contributed by atoms with Gasteiger partial charge in [-0.15, -0.1) is 0 Å². The fourth-order valence-electron chi connectivity index (χ4n) is 2.76. The van der Waals surface area contributed by atoms with Gasteiger partial charge in [-0.2, -0.15) is 4.31 Å². The highest BCUT2D eigenvalue weighted by molar-refractivity contribution is 7.89. The lowest BCUT2D eigenvalue weighted by Gasteiger charge is -2.26. The zero-order valence-electron chi connectivity index (χ0n) is 14.7. The van der Waals surface area contributed by atoms with Crippen molar-refractivity contribution in [3.63, 3.8) is 0 Å². The van der Waals surface area contributed by atoms with E-state index in [1.165, 1.54) is 40.4 Å². The second-order valence-corrected chi connectivity index (χ2v) is 8.01. The van der Waals surface area contributed by atoms with Gasteiger partial charge < -0.3 is 10.0 Å². The molecule has 1 amide bonds. The van der Waals surface area contributed by atoms with E-state index >= 15 is 0 Å². The fourth-order valence-corrected chi connectivity index (χ4v) is 4.22. The molecule has 138 valence electrons. The second-order valence-electron chi connectivity index (χ2n) is 6.07.